The highest BCUT2D eigenvalue weighted by molar-refractivity contribution is 9.10. The van der Waals surface area contributed by atoms with E-state index in [0.29, 0.717) is 0 Å². The first kappa shape index (κ1) is 13.8. The molecule has 0 aliphatic carbocycles. The van der Waals surface area contributed by atoms with Gasteiger partial charge in [0.05, 0.1) is 16.1 Å². The van der Waals surface area contributed by atoms with Crippen molar-refractivity contribution in [1.82, 2.24) is 0 Å². The summed E-state index contributed by atoms with van der Waals surface area (Å²) in [6.45, 7) is 1.69. The molecule has 2 nitrogen and oxygen atoms in total. The molecule has 0 saturated heterocycles. The zero-order valence-electron chi connectivity index (χ0n) is 11.0. The van der Waals surface area contributed by atoms with E-state index in [9.17, 15) is 0 Å². The standard InChI is InChI=1S/C16H15BrClNO/c17-16-13(18)2-1-3-14(16)19-8-6-11-4-5-15-12(10-11)7-9-20-15/h1-5,10,19H,6-9H2. The molecule has 20 heavy (non-hydrogen) atoms. The SMILES string of the molecule is Clc1cccc(NCCc2ccc3c(c2)CCO3)c1Br. The molecule has 0 aromatic heterocycles. The third kappa shape index (κ3) is 2.94. The van der Waals surface area contributed by atoms with E-state index < -0.39 is 0 Å². The van der Waals surface area contributed by atoms with Gasteiger partial charge in [-0.1, -0.05) is 29.8 Å². The second-order valence-electron chi connectivity index (χ2n) is 4.82. The Bertz CT molecular complexity index is 630. The van der Waals surface area contributed by atoms with Crippen molar-refractivity contribution in [1.29, 1.82) is 0 Å². The van der Waals surface area contributed by atoms with Crippen LogP contribution < -0.4 is 10.1 Å². The summed E-state index contributed by atoms with van der Waals surface area (Å²) in [4.78, 5) is 0. The number of fused-ring (bicyclic) bond motifs is 1. The third-order valence-electron chi connectivity index (χ3n) is 3.43. The molecule has 1 heterocycles. The Morgan fingerprint density at radius 1 is 1.25 bits per heavy atom. The lowest BCUT2D eigenvalue weighted by Crippen LogP contribution is -2.05. The van der Waals surface area contributed by atoms with Crippen LogP contribution in [-0.4, -0.2) is 13.2 Å². The van der Waals surface area contributed by atoms with Crippen LogP contribution in [0, 0.1) is 0 Å². The number of hydrogen-bond acceptors (Lipinski definition) is 2. The predicted molar refractivity (Wildman–Crippen MR) is 87.0 cm³/mol. The molecule has 0 amide bonds. The number of nitrogens with one attached hydrogen (secondary N) is 1. The van der Waals surface area contributed by atoms with E-state index in [1.165, 1.54) is 11.1 Å². The molecule has 4 heteroatoms. The summed E-state index contributed by atoms with van der Waals surface area (Å²) in [5.74, 6) is 1.04. The molecule has 1 aliphatic rings. The van der Waals surface area contributed by atoms with Crippen LogP contribution in [0.3, 0.4) is 0 Å². The summed E-state index contributed by atoms with van der Waals surface area (Å²) < 4.78 is 6.44. The molecule has 0 radical (unpaired) electrons. The summed E-state index contributed by atoms with van der Waals surface area (Å²) in [7, 11) is 0. The number of rotatable bonds is 4. The van der Waals surface area contributed by atoms with Crippen LogP contribution in [0.15, 0.2) is 40.9 Å². The summed E-state index contributed by atoms with van der Waals surface area (Å²) in [5.41, 5.74) is 3.69. The van der Waals surface area contributed by atoms with Crippen molar-refractivity contribution in [3.05, 3.63) is 57.0 Å². The predicted octanol–water partition coefficient (Wildman–Crippen LogP) is 4.69. The zero-order valence-corrected chi connectivity index (χ0v) is 13.3. The van der Waals surface area contributed by atoms with Gasteiger partial charge in [-0.25, -0.2) is 0 Å². The van der Waals surface area contributed by atoms with Gasteiger partial charge >= 0.3 is 0 Å². The van der Waals surface area contributed by atoms with Crippen LogP contribution in [0.25, 0.3) is 0 Å². The van der Waals surface area contributed by atoms with Crippen LogP contribution >= 0.6 is 27.5 Å². The van der Waals surface area contributed by atoms with Gasteiger partial charge in [0.25, 0.3) is 0 Å². The highest BCUT2D eigenvalue weighted by Crippen LogP contribution is 2.30. The number of ether oxygens (including phenoxy) is 1. The molecule has 3 rings (SSSR count). The maximum absolute atomic E-state index is 6.07. The monoisotopic (exact) mass is 351 g/mol. The minimum absolute atomic E-state index is 0.727. The van der Waals surface area contributed by atoms with E-state index in [-0.39, 0.29) is 0 Å². The topological polar surface area (TPSA) is 21.3 Å². The number of anilines is 1. The van der Waals surface area contributed by atoms with E-state index in [1.807, 2.05) is 18.2 Å². The number of halogens is 2. The van der Waals surface area contributed by atoms with Crippen molar-refractivity contribution in [3.63, 3.8) is 0 Å². The Labute approximate surface area is 132 Å². The van der Waals surface area contributed by atoms with Gasteiger partial charge < -0.3 is 10.1 Å². The molecule has 1 N–H and O–H groups in total. The van der Waals surface area contributed by atoms with Crippen molar-refractivity contribution < 1.29 is 4.74 Å². The van der Waals surface area contributed by atoms with Crippen molar-refractivity contribution in [2.75, 3.05) is 18.5 Å². The Morgan fingerprint density at radius 3 is 3.05 bits per heavy atom. The van der Waals surface area contributed by atoms with Gasteiger partial charge in [-0.15, -0.1) is 0 Å². The van der Waals surface area contributed by atoms with Crippen molar-refractivity contribution >= 4 is 33.2 Å². The van der Waals surface area contributed by atoms with Crippen LogP contribution in [0.4, 0.5) is 5.69 Å². The van der Waals surface area contributed by atoms with Crippen molar-refractivity contribution in [3.8, 4) is 5.75 Å². The zero-order chi connectivity index (χ0) is 13.9. The van der Waals surface area contributed by atoms with E-state index in [4.69, 9.17) is 16.3 Å². The quantitative estimate of drug-likeness (QED) is 0.862. The minimum Gasteiger partial charge on any atom is -0.493 e. The fourth-order valence-corrected chi connectivity index (χ4v) is 2.96. The highest BCUT2D eigenvalue weighted by Gasteiger charge is 2.11. The van der Waals surface area contributed by atoms with Crippen molar-refractivity contribution in [2.45, 2.75) is 12.8 Å². The molecule has 2 aromatic carbocycles. The highest BCUT2D eigenvalue weighted by atomic mass is 79.9. The molecule has 104 valence electrons. The van der Waals surface area contributed by atoms with Gasteiger partial charge in [0.1, 0.15) is 5.75 Å². The van der Waals surface area contributed by atoms with Gasteiger partial charge in [-0.3, -0.25) is 0 Å². The lowest BCUT2D eigenvalue weighted by atomic mass is 10.1. The third-order valence-corrected chi connectivity index (χ3v) is 4.83. The molecule has 0 atom stereocenters. The second-order valence-corrected chi connectivity index (χ2v) is 6.02. The molecule has 0 unspecified atom stereocenters. The van der Waals surface area contributed by atoms with Crippen LogP contribution in [0.5, 0.6) is 5.75 Å². The Hall–Kier alpha value is -1.19. The first-order valence-corrected chi connectivity index (χ1v) is 7.83. The van der Waals surface area contributed by atoms with Gasteiger partial charge in [0, 0.05) is 18.7 Å². The van der Waals surface area contributed by atoms with E-state index in [0.717, 1.165) is 46.9 Å². The van der Waals surface area contributed by atoms with Gasteiger partial charge in [-0.05, 0) is 51.7 Å². The van der Waals surface area contributed by atoms with E-state index >= 15 is 0 Å². The lowest BCUT2D eigenvalue weighted by molar-refractivity contribution is 0.357. The molecule has 0 saturated carbocycles. The van der Waals surface area contributed by atoms with Crippen LogP contribution in [0.1, 0.15) is 11.1 Å². The normalized spacial score (nSPS) is 12.9. The molecular formula is C16H15BrClNO. The number of benzene rings is 2. The summed E-state index contributed by atoms with van der Waals surface area (Å²) in [5, 5.41) is 4.13. The maximum Gasteiger partial charge on any atom is 0.122 e. The minimum atomic E-state index is 0.727. The largest absolute Gasteiger partial charge is 0.493 e. The van der Waals surface area contributed by atoms with Crippen LogP contribution in [-0.2, 0) is 12.8 Å². The smallest absolute Gasteiger partial charge is 0.122 e. The molecule has 0 spiro atoms. The Balaban J connectivity index is 1.61. The van der Waals surface area contributed by atoms with Gasteiger partial charge in [0.15, 0.2) is 0 Å². The number of hydrogen-bond donors (Lipinski definition) is 1. The first-order valence-electron chi connectivity index (χ1n) is 6.66. The fourth-order valence-electron chi connectivity index (χ4n) is 2.38. The fraction of sp³-hybridized carbons (Fsp3) is 0.250. The molecule has 1 aliphatic heterocycles. The molecular weight excluding hydrogens is 338 g/mol. The first-order chi connectivity index (χ1) is 9.74. The summed E-state index contributed by atoms with van der Waals surface area (Å²) in [6, 6.07) is 12.3. The summed E-state index contributed by atoms with van der Waals surface area (Å²) in [6.07, 6.45) is 2.00. The van der Waals surface area contributed by atoms with Gasteiger partial charge in [-0.2, -0.15) is 0 Å². The van der Waals surface area contributed by atoms with Gasteiger partial charge in [0.2, 0.25) is 0 Å². The summed E-state index contributed by atoms with van der Waals surface area (Å²) >= 11 is 9.57. The second kappa shape index (κ2) is 6.06. The van der Waals surface area contributed by atoms with Crippen molar-refractivity contribution in [2.24, 2.45) is 0 Å². The maximum atomic E-state index is 6.07. The van der Waals surface area contributed by atoms with E-state index in [2.05, 4.69) is 39.4 Å². The average molecular weight is 353 g/mol. The lowest BCUT2D eigenvalue weighted by Gasteiger charge is -2.10. The average Bonchev–Trinajstić information content (AvgIpc) is 2.91. The van der Waals surface area contributed by atoms with Crippen LogP contribution in [0.2, 0.25) is 5.02 Å². The molecule has 0 fully saturated rings. The Kier molecular flexibility index (Phi) is 4.18. The molecule has 2 aromatic rings. The molecule has 0 bridgehead atoms. The van der Waals surface area contributed by atoms with E-state index in [1.54, 1.807) is 0 Å². The Morgan fingerprint density at radius 2 is 2.15 bits per heavy atom.